The van der Waals surface area contributed by atoms with Crippen molar-refractivity contribution in [3.05, 3.63) is 81.3 Å². The van der Waals surface area contributed by atoms with Gasteiger partial charge >= 0.3 is 6.18 Å². The lowest BCUT2D eigenvalue weighted by Gasteiger charge is -2.25. The Balaban J connectivity index is 1.63. The van der Waals surface area contributed by atoms with Gasteiger partial charge in [-0.05, 0) is 58.4 Å². The summed E-state index contributed by atoms with van der Waals surface area (Å²) in [6.07, 6.45) is -3.50. The highest BCUT2D eigenvalue weighted by Crippen LogP contribution is 2.38. The summed E-state index contributed by atoms with van der Waals surface area (Å²) in [5, 5.41) is 3.53. The van der Waals surface area contributed by atoms with Crippen LogP contribution >= 0.6 is 27.5 Å². The molecule has 8 nitrogen and oxygen atoms in total. The van der Waals surface area contributed by atoms with E-state index in [1.807, 2.05) is 0 Å². The Hall–Kier alpha value is -3.29. The number of ether oxygens (including phenoxy) is 2. The van der Waals surface area contributed by atoms with Crippen LogP contribution in [0, 0.1) is 0 Å². The molecule has 0 fully saturated rings. The second-order valence-electron chi connectivity index (χ2n) is 7.51. The van der Waals surface area contributed by atoms with Crippen molar-refractivity contribution in [1.29, 1.82) is 0 Å². The topological polar surface area (TPSA) is 97.3 Å². The molecule has 0 radical (unpaired) electrons. The summed E-state index contributed by atoms with van der Waals surface area (Å²) in [5.41, 5.74) is 1.04. The number of rotatable bonds is 7. The quantitative estimate of drug-likeness (QED) is 0.290. The third-order valence-electron chi connectivity index (χ3n) is 5.05. The Labute approximate surface area is 222 Å². The zero-order valence-corrected chi connectivity index (χ0v) is 21.7. The largest absolute Gasteiger partial charge is 0.454 e. The smallest absolute Gasteiger partial charge is 0.416 e. The maximum absolute atomic E-state index is 13.4. The number of sulfonamides is 1. The number of anilines is 1. The van der Waals surface area contributed by atoms with Crippen molar-refractivity contribution in [2.75, 3.05) is 17.6 Å². The van der Waals surface area contributed by atoms with Gasteiger partial charge in [-0.15, -0.1) is 0 Å². The number of carbonyl (C=O) groups excluding carboxylic acids is 1. The van der Waals surface area contributed by atoms with Crippen molar-refractivity contribution in [1.82, 2.24) is 5.43 Å². The van der Waals surface area contributed by atoms with E-state index in [-0.39, 0.29) is 16.7 Å². The van der Waals surface area contributed by atoms with Gasteiger partial charge in [0, 0.05) is 10.0 Å². The summed E-state index contributed by atoms with van der Waals surface area (Å²) < 4.78 is 78.4. The van der Waals surface area contributed by atoms with Gasteiger partial charge in [-0.25, -0.2) is 13.8 Å². The molecule has 0 spiro atoms. The Bertz CT molecular complexity index is 1470. The number of nitrogens with one attached hydrogen (secondary N) is 1. The highest BCUT2D eigenvalue weighted by molar-refractivity contribution is 9.10. The number of amides is 1. The molecule has 3 aromatic rings. The van der Waals surface area contributed by atoms with Crippen molar-refractivity contribution in [3.8, 4) is 11.5 Å². The highest BCUT2D eigenvalue weighted by Gasteiger charge is 2.34. The van der Waals surface area contributed by atoms with E-state index in [9.17, 15) is 26.4 Å². The van der Waals surface area contributed by atoms with Gasteiger partial charge in [0.25, 0.3) is 15.9 Å². The van der Waals surface area contributed by atoms with Crippen LogP contribution in [0.4, 0.5) is 18.9 Å². The van der Waals surface area contributed by atoms with E-state index in [4.69, 9.17) is 21.1 Å². The van der Waals surface area contributed by atoms with E-state index in [0.717, 1.165) is 6.07 Å². The molecule has 3 aromatic carbocycles. The van der Waals surface area contributed by atoms with Crippen molar-refractivity contribution >= 4 is 55.4 Å². The number of hydrogen-bond acceptors (Lipinski definition) is 6. The third kappa shape index (κ3) is 6.00. The molecular weight excluding hydrogens is 603 g/mol. The van der Waals surface area contributed by atoms with Crippen molar-refractivity contribution < 1.29 is 35.9 Å². The Kier molecular flexibility index (Phi) is 7.67. The minimum absolute atomic E-state index is 0.0585. The third-order valence-corrected chi connectivity index (χ3v) is 7.83. The summed E-state index contributed by atoms with van der Waals surface area (Å²) in [4.78, 5) is 12.5. The number of hydrogen-bond donors (Lipinski definition) is 1. The van der Waals surface area contributed by atoms with Gasteiger partial charge in [0.05, 0.1) is 27.4 Å². The lowest BCUT2D eigenvalue weighted by atomic mass is 10.2. The van der Waals surface area contributed by atoms with E-state index in [2.05, 4.69) is 26.5 Å². The van der Waals surface area contributed by atoms with Crippen LogP contribution < -0.4 is 19.2 Å². The molecule has 0 saturated heterocycles. The molecule has 0 aromatic heterocycles. The molecule has 0 atom stereocenters. The SMILES string of the molecule is O=C(CN(c1cc(C(F)(F)F)ccc1Cl)S(=O)(=O)c1ccccc1)N/N=C\c1cc2c(cc1Br)OCO2. The first kappa shape index (κ1) is 26.8. The van der Waals surface area contributed by atoms with Crippen LogP contribution in [-0.2, 0) is 21.0 Å². The molecule has 37 heavy (non-hydrogen) atoms. The molecule has 1 aliphatic heterocycles. The summed E-state index contributed by atoms with van der Waals surface area (Å²) >= 11 is 9.44. The molecule has 0 saturated carbocycles. The molecule has 1 heterocycles. The zero-order chi connectivity index (χ0) is 26.8. The minimum atomic E-state index is -4.77. The van der Waals surface area contributed by atoms with Gasteiger partial charge < -0.3 is 9.47 Å². The molecule has 4 rings (SSSR count). The molecule has 14 heteroatoms. The molecule has 0 unspecified atom stereocenters. The Morgan fingerprint density at radius 3 is 2.46 bits per heavy atom. The van der Waals surface area contributed by atoms with Crippen molar-refractivity contribution in [2.24, 2.45) is 5.10 Å². The normalized spacial score (nSPS) is 13.1. The first-order valence-corrected chi connectivity index (χ1v) is 12.9. The number of alkyl halides is 3. The number of halogens is 5. The fourth-order valence-corrected chi connectivity index (χ4v) is 5.42. The van der Waals surface area contributed by atoms with Gasteiger partial charge in [-0.2, -0.15) is 18.3 Å². The molecule has 1 N–H and O–H groups in total. The van der Waals surface area contributed by atoms with Gasteiger partial charge in [-0.3, -0.25) is 9.10 Å². The first-order valence-electron chi connectivity index (χ1n) is 10.3. The average molecular weight is 619 g/mol. The van der Waals surface area contributed by atoms with Gasteiger partial charge in [0.15, 0.2) is 11.5 Å². The summed E-state index contributed by atoms with van der Waals surface area (Å²) in [6, 6.07) is 12.4. The van der Waals surface area contributed by atoms with Crippen molar-refractivity contribution in [2.45, 2.75) is 11.1 Å². The Morgan fingerprint density at radius 2 is 1.78 bits per heavy atom. The molecular formula is C23H16BrClF3N3O5S. The molecule has 1 amide bonds. The lowest BCUT2D eigenvalue weighted by molar-refractivity contribution is -0.137. The first-order chi connectivity index (χ1) is 17.5. The number of fused-ring (bicyclic) bond motifs is 1. The molecule has 1 aliphatic rings. The summed E-state index contributed by atoms with van der Waals surface area (Å²) in [7, 11) is -4.49. The van der Waals surface area contributed by atoms with E-state index in [1.54, 1.807) is 18.2 Å². The molecule has 194 valence electrons. The number of hydrazone groups is 1. The Morgan fingerprint density at radius 1 is 1.11 bits per heavy atom. The number of benzene rings is 3. The fraction of sp³-hybridized carbons (Fsp3) is 0.130. The van der Waals surface area contributed by atoms with Crippen LogP contribution in [0.25, 0.3) is 0 Å². The predicted octanol–water partition coefficient (Wildman–Crippen LogP) is 5.20. The van der Waals surface area contributed by atoms with E-state index < -0.39 is 39.9 Å². The zero-order valence-electron chi connectivity index (χ0n) is 18.5. The van der Waals surface area contributed by atoms with Gasteiger partial charge in [-0.1, -0.05) is 29.8 Å². The van der Waals surface area contributed by atoms with Crippen LogP contribution in [-0.4, -0.2) is 33.9 Å². The molecule has 0 aliphatic carbocycles. The van der Waals surface area contributed by atoms with Crippen LogP contribution in [0.15, 0.2) is 75.1 Å². The monoisotopic (exact) mass is 617 g/mol. The maximum atomic E-state index is 13.4. The van der Waals surface area contributed by atoms with E-state index in [0.29, 0.717) is 38.0 Å². The predicted molar refractivity (Wildman–Crippen MR) is 133 cm³/mol. The number of nitrogens with zero attached hydrogens (tertiary/aromatic N) is 2. The van der Waals surface area contributed by atoms with Gasteiger partial charge in [0.1, 0.15) is 6.54 Å². The second-order valence-corrected chi connectivity index (χ2v) is 10.6. The molecule has 0 bridgehead atoms. The van der Waals surface area contributed by atoms with Gasteiger partial charge in [0.2, 0.25) is 6.79 Å². The van der Waals surface area contributed by atoms with Crippen LogP contribution in [0.1, 0.15) is 11.1 Å². The van der Waals surface area contributed by atoms with E-state index >= 15 is 0 Å². The number of carbonyl (C=O) groups is 1. The fourth-order valence-electron chi connectivity index (χ4n) is 3.27. The highest BCUT2D eigenvalue weighted by atomic mass is 79.9. The lowest BCUT2D eigenvalue weighted by Crippen LogP contribution is -2.40. The second kappa shape index (κ2) is 10.6. The van der Waals surface area contributed by atoms with Crippen LogP contribution in [0.5, 0.6) is 11.5 Å². The summed E-state index contributed by atoms with van der Waals surface area (Å²) in [5.74, 6) is 0.0594. The van der Waals surface area contributed by atoms with Crippen LogP contribution in [0.3, 0.4) is 0 Å². The average Bonchev–Trinajstić information content (AvgIpc) is 3.30. The van der Waals surface area contributed by atoms with Crippen LogP contribution in [0.2, 0.25) is 5.02 Å². The minimum Gasteiger partial charge on any atom is -0.454 e. The standard InChI is InChI=1S/C23H16BrClF3N3O5S/c24-17-10-21-20(35-13-36-21)8-14(17)11-29-30-22(32)12-31(37(33,34)16-4-2-1-3-5-16)19-9-15(23(26,27)28)6-7-18(19)25/h1-11H,12-13H2,(H,30,32)/b29-11-. The summed E-state index contributed by atoms with van der Waals surface area (Å²) in [6.45, 7) is -0.846. The van der Waals surface area contributed by atoms with Crippen molar-refractivity contribution in [3.63, 3.8) is 0 Å². The van der Waals surface area contributed by atoms with E-state index in [1.165, 1.54) is 30.5 Å². The maximum Gasteiger partial charge on any atom is 0.416 e.